The first-order valence-corrected chi connectivity index (χ1v) is 7.30. The summed E-state index contributed by atoms with van der Waals surface area (Å²) in [5.74, 6) is 1.06. The largest absolute Gasteiger partial charge is 0.338 e. The van der Waals surface area contributed by atoms with Gasteiger partial charge >= 0.3 is 0 Å². The van der Waals surface area contributed by atoms with Gasteiger partial charge in [-0.25, -0.2) is 4.98 Å². The molecule has 1 aromatic heterocycles. The molecule has 0 saturated carbocycles. The van der Waals surface area contributed by atoms with Crippen molar-refractivity contribution in [1.82, 2.24) is 9.97 Å². The predicted molar refractivity (Wildman–Crippen MR) is 79.6 cm³/mol. The minimum absolute atomic E-state index is 0.0275. The molecule has 2 N–H and O–H groups in total. The standard InChI is InChI=1S/C16H17N3O/c1-2-10-11-7-13-14(8-12(11)19-16(10)20)18-15(17-13)9-5-3-4-6-9/h5,7-8,10H,2-4,6H2,1H3,(H,17,18)(H,19,20). The molecule has 1 aliphatic heterocycles. The lowest BCUT2D eigenvalue weighted by Crippen LogP contribution is -2.10. The van der Waals surface area contributed by atoms with Crippen LogP contribution in [0.25, 0.3) is 16.6 Å². The fourth-order valence-electron chi connectivity index (χ4n) is 3.27. The van der Waals surface area contributed by atoms with Gasteiger partial charge in [-0.2, -0.15) is 0 Å². The third kappa shape index (κ3) is 1.60. The number of H-pyrrole nitrogens is 1. The first-order valence-electron chi connectivity index (χ1n) is 7.30. The fourth-order valence-corrected chi connectivity index (χ4v) is 3.27. The summed E-state index contributed by atoms with van der Waals surface area (Å²) in [7, 11) is 0. The van der Waals surface area contributed by atoms with Crippen molar-refractivity contribution in [2.45, 2.75) is 38.5 Å². The second kappa shape index (κ2) is 4.20. The van der Waals surface area contributed by atoms with Gasteiger partial charge in [0.25, 0.3) is 0 Å². The molecular weight excluding hydrogens is 250 g/mol. The molecule has 0 bridgehead atoms. The number of hydrogen-bond donors (Lipinski definition) is 2. The number of aromatic nitrogens is 2. The molecule has 0 fully saturated rings. The number of aromatic amines is 1. The third-order valence-corrected chi connectivity index (χ3v) is 4.36. The summed E-state index contributed by atoms with van der Waals surface area (Å²) >= 11 is 0. The highest BCUT2D eigenvalue weighted by molar-refractivity contribution is 6.05. The number of anilines is 1. The molecule has 20 heavy (non-hydrogen) atoms. The number of nitrogens with one attached hydrogen (secondary N) is 2. The van der Waals surface area contributed by atoms with Gasteiger partial charge in [-0.05, 0) is 49.0 Å². The van der Waals surface area contributed by atoms with E-state index in [2.05, 4.69) is 22.4 Å². The number of nitrogens with zero attached hydrogens (tertiary/aromatic N) is 1. The number of imidazole rings is 1. The Balaban J connectivity index is 1.83. The average Bonchev–Trinajstić information content (AvgIpc) is 3.12. The Kier molecular flexibility index (Phi) is 2.46. The van der Waals surface area contributed by atoms with E-state index in [0.717, 1.165) is 47.4 Å². The minimum Gasteiger partial charge on any atom is -0.338 e. The van der Waals surface area contributed by atoms with Crippen LogP contribution in [0.4, 0.5) is 5.69 Å². The SMILES string of the molecule is CCC1C(=O)Nc2cc3[nH]c(C4=CCCC4)nc3cc21. The van der Waals surface area contributed by atoms with Crippen LogP contribution in [0, 0.1) is 0 Å². The Bertz CT molecular complexity index is 742. The van der Waals surface area contributed by atoms with E-state index in [1.54, 1.807) is 0 Å². The molecule has 2 aliphatic rings. The summed E-state index contributed by atoms with van der Waals surface area (Å²) in [6.07, 6.45) is 6.57. The zero-order valence-corrected chi connectivity index (χ0v) is 11.5. The van der Waals surface area contributed by atoms with Crippen LogP contribution in [0.2, 0.25) is 0 Å². The molecule has 1 atom stereocenters. The number of hydrogen-bond acceptors (Lipinski definition) is 2. The van der Waals surface area contributed by atoms with Gasteiger partial charge in [0.1, 0.15) is 5.82 Å². The van der Waals surface area contributed by atoms with Crippen LogP contribution in [0.1, 0.15) is 49.9 Å². The van der Waals surface area contributed by atoms with Crippen LogP contribution in [-0.2, 0) is 4.79 Å². The highest BCUT2D eigenvalue weighted by atomic mass is 16.2. The minimum atomic E-state index is -0.0275. The number of allylic oxidation sites excluding steroid dienone is 2. The number of rotatable bonds is 2. The Morgan fingerprint density at radius 2 is 2.30 bits per heavy atom. The van der Waals surface area contributed by atoms with Crippen molar-refractivity contribution in [3.63, 3.8) is 0 Å². The van der Waals surface area contributed by atoms with E-state index in [0.29, 0.717) is 0 Å². The molecule has 1 amide bonds. The summed E-state index contributed by atoms with van der Waals surface area (Å²) < 4.78 is 0. The van der Waals surface area contributed by atoms with Gasteiger partial charge in [0.2, 0.25) is 5.91 Å². The Morgan fingerprint density at radius 1 is 1.40 bits per heavy atom. The van der Waals surface area contributed by atoms with E-state index in [4.69, 9.17) is 4.98 Å². The van der Waals surface area contributed by atoms with E-state index >= 15 is 0 Å². The summed E-state index contributed by atoms with van der Waals surface area (Å²) in [6, 6.07) is 4.08. The van der Waals surface area contributed by atoms with E-state index in [1.165, 1.54) is 12.0 Å². The van der Waals surface area contributed by atoms with Gasteiger partial charge in [0.15, 0.2) is 0 Å². The van der Waals surface area contributed by atoms with Crippen molar-refractivity contribution in [2.24, 2.45) is 0 Å². The van der Waals surface area contributed by atoms with Gasteiger partial charge in [0, 0.05) is 5.69 Å². The summed E-state index contributed by atoms with van der Waals surface area (Å²) in [5, 5.41) is 2.97. The third-order valence-electron chi connectivity index (χ3n) is 4.36. The molecule has 1 aliphatic carbocycles. The Labute approximate surface area is 117 Å². The van der Waals surface area contributed by atoms with Crippen LogP contribution in [0.15, 0.2) is 18.2 Å². The van der Waals surface area contributed by atoms with Gasteiger partial charge in [-0.15, -0.1) is 0 Å². The molecule has 4 heteroatoms. The number of amides is 1. The van der Waals surface area contributed by atoms with Crippen LogP contribution in [0.3, 0.4) is 0 Å². The molecule has 0 spiro atoms. The Hall–Kier alpha value is -2.10. The molecule has 2 aromatic rings. The normalized spacial score (nSPS) is 21.1. The quantitative estimate of drug-likeness (QED) is 0.873. The van der Waals surface area contributed by atoms with Crippen LogP contribution < -0.4 is 5.32 Å². The number of carbonyl (C=O) groups excluding carboxylic acids is 1. The predicted octanol–water partition coefficient (Wildman–Crippen LogP) is 3.58. The van der Waals surface area contributed by atoms with Gasteiger partial charge < -0.3 is 10.3 Å². The van der Waals surface area contributed by atoms with Gasteiger partial charge in [-0.1, -0.05) is 13.0 Å². The smallest absolute Gasteiger partial charge is 0.231 e. The highest BCUT2D eigenvalue weighted by Gasteiger charge is 2.29. The van der Waals surface area contributed by atoms with Crippen molar-refractivity contribution in [3.05, 3.63) is 29.6 Å². The first-order chi connectivity index (χ1) is 9.76. The molecule has 4 rings (SSSR count). The van der Waals surface area contributed by atoms with E-state index in [1.807, 2.05) is 13.0 Å². The lowest BCUT2D eigenvalue weighted by molar-refractivity contribution is -0.117. The second-order valence-electron chi connectivity index (χ2n) is 5.61. The fraction of sp³-hybridized carbons (Fsp3) is 0.375. The van der Waals surface area contributed by atoms with Gasteiger partial charge in [0.05, 0.1) is 17.0 Å². The van der Waals surface area contributed by atoms with Crippen LogP contribution >= 0.6 is 0 Å². The van der Waals surface area contributed by atoms with Crippen molar-refractivity contribution < 1.29 is 4.79 Å². The molecule has 0 radical (unpaired) electrons. The highest BCUT2D eigenvalue weighted by Crippen LogP contribution is 2.37. The van der Waals surface area contributed by atoms with E-state index < -0.39 is 0 Å². The summed E-state index contributed by atoms with van der Waals surface area (Å²) in [6.45, 7) is 2.04. The molecule has 2 heterocycles. The maximum absolute atomic E-state index is 11.9. The summed E-state index contributed by atoms with van der Waals surface area (Å²) in [5.41, 5.74) is 5.30. The molecule has 0 saturated heterocycles. The first kappa shape index (κ1) is 11.7. The molecule has 1 aromatic carbocycles. The molecular formula is C16H17N3O. The Morgan fingerprint density at radius 3 is 3.05 bits per heavy atom. The van der Waals surface area contributed by atoms with E-state index in [9.17, 15) is 4.79 Å². The van der Waals surface area contributed by atoms with Crippen molar-refractivity contribution in [3.8, 4) is 0 Å². The maximum atomic E-state index is 11.9. The monoisotopic (exact) mass is 267 g/mol. The van der Waals surface area contributed by atoms with Crippen LogP contribution in [0.5, 0.6) is 0 Å². The molecule has 102 valence electrons. The maximum Gasteiger partial charge on any atom is 0.231 e. The van der Waals surface area contributed by atoms with E-state index in [-0.39, 0.29) is 11.8 Å². The molecule has 1 unspecified atom stereocenters. The number of carbonyl (C=O) groups is 1. The number of fused-ring (bicyclic) bond motifs is 2. The van der Waals surface area contributed by atoms with Crippen molar-refractivity contribution in [1.29, 1.82) is 0 Å². The average molecular weight is 267 g/mol. The topological polar surface area (TPSA) is 57.8 Å². The molecule has 4 nitrogen and oxygen atoms in total. The zero-order valence-electron chi connectivity index (χ0n) is 11.5. The van der Waals surface area contributed by atoms with Crippen molar-refractivity contribution in [2.75, 3.05) is 5.32 Å². The summed E-state index contributed by atoms with van der Waals surface area (Å²) in [4.78, 5) is 20.0. The lowest BCUT2D eigenvalue weighted by Gasteiger charge is -2.03. The van der Waals surface area contributed by atoms with Gasteiger partial charge in [-0.3, -0.25) is 4.79 Å². The second-order valence-corrected chi connectivity index (χ2v) is 5.61. The lowest BCUT2D eigenvalue weighted by atomic mass is 9.98. The number of benzene rings is 1. The van der Waals surface area contributed by atoms with Crippen LogP contribution in [-0.4, -0.2) is 15.9 Å². The van der Waals surface area contributed by atoms with Crippen molar-refractivity contribution >= 4 is 28.2 Å². The zero-order chi connectivity index (χ0) is 13.7.